The van der Waals surface area contributed by atoms with Gasteiger partial charge in [0.15, 0.2) is 0 Å². The van der Waals surface area contributed by atoms with Crippen LogP contribution in [0.25, 0.3) is 0 Å². The van der Waals surface area contributed by atoms with Crippen LogP contribution in [0.1, 0.15) is 55.1 Å². The van der Waals surface area contributed by atoms with Gasteiger partial charge >= 0.3 is 0 Å². The minimum Gasteiger partial charge on any atom is -0.379 e. The number of hydrogen-bond acceptors (Lipinski definition) is 4. The summed E-state index contributed by atoms with van der Waals surface area (Å²) in [6.45, 7) is 6.91. The molecule has 1 aliphatic heterocycles. The smallest absolute Gasteiger partial charge is 0.255 e. The fourth-order valence-corrected chi connectivity index (χ4v) is 3.31. The molecule has 0 bridgehead atoms. The third kappa shape index (κ3) is 3.98. The largest absolute Gasteiger partial charge is 0.379 e. The van der Waals surface area contributed by atoms with E-state index in [1.165, 1.54) is 19.3 Å². The molecule has 1 amide bonds. The van der Waals surface area contributed by atoms with Gasteiger partial charge in [0.2, 0.25) is 0 Å². The predicted octanol–water partition coefficient (Wildman–Crippen LogP) is 2.31. The van der Waals surface area contributed by atoms with Gasteiger partial charge in [0, 0.05) is 25.5 Å². The van der Waals surface area contributed by atoms with E-state index in [-0.39, 0.29) is 18.1 Å². The van der Waals surface area contributed by atoms with Gasteiger partial charge in [0.1, 0.15) is 6.10 Å². The van der Waals surface area contributed by atoms with Crippen LogP contribution in [0.5, 0.6) is 0 Å². The van der Waals surface area contributed by atoms with Crippen LogP contribution in [0.3, 0.4) is 0 Å². The zero-order chi connectivity index (χ0) is 16.9. The van der Waals surface area contributed by atoms with Gasteiger partial charge in [-0.3, -0.25) is 9.48 Å². The molecule has 0 aromatic carbocycles. The Kier molecular flexibility index (Phi) is 5.89. The number of amides is 1. The summed E-state index contributed by atoms with van der Waals surface area (Å²) in [7, 11) is 0. The first-order valence-corrected chi connectivity index (χ1v) is 9.21. The first-order valence-electron chi connectivity index (χ1n) is 9.21. The second kappa shape index (κ2) is 8.12. The quantitative estimate of drug-likeness (QED) is 0.830. The maximum absolute atomic E-state index is 12.6. The monoisotopic (exact) mass is 335 g/mol. The summed E-state index contributed by atoms with van der Waals surface area (Å²) in [5.74, 6) is 0.636. The molecule has 1 aromatic heterocycles. The summed E-state index contributed by atoms with van der Waals surface area (Å²) in [4.78, 5) is 12.6. The highest BCUT2D eigenvalue weighted by Gasteiger charge is 2.30. The molecule has 1 aliphatic carbocycles. The second-order valence-electron chi connectivity index (χ2n) is 6.98. The molecule has 2 heterocycles. The number of nitrogens with zero attached hydrogens (tertiary/aromatic N) is 2. The molecule has 0 radical (unpaired) electrons. The maximum Gasteiger partial charge on any atom is 0.255 e. The maximum atomic E-state index is 12.6. The van der Waals surface area contributed by atoms with E-state index in [9.17, 15) is 4.79 Å². The fourth-order valence-electron chi connectivity index (χ4n) is 3.31. The van der Waals surface area contributed by atoms with Crippen molar-refractivity contribution >= 4 is 5.91 Å². The summed E-state index contributed by atoms with van der Waals surface area (Å²) < 4.78 is 13.5. The molecule has 6 nitrogen and oxygen atoms in total. The SMILES string of the molecule is CCCn1ncc(C(=O)N[C@@H]2CCOC[C@H]2OCC2CCC2)c1C. The van der Waals surface area contributed by atoms with Crippen molar-refractivity contribution in [2.45, 2.75) is 64.6 Å². The van der Waals surface area contributed by atoms with Crippen molar-refractivity contribution < 1.29 is 14.3 Å². The summed E-state index contributed by atoms with van der Waals surface area (Å²) in [6.07, 6.45) is 7.26. The number of ether oxygens (including phenoxy) is 2. The van der Waals surface area contributed by atoms with E-state index in [0.717, 1.165) is 31.7 Å². The van der Waals surface area contributed by atoms with Gasteiger partial charge in [-0.15, -0.1) is 0 Å². The van der Waals surface area contributed by atoms with E-state index in [1.807, 2.05) is 11.6 Å². The molecule has 0 spiro atoms. The highest BCUT2D eigenvalue weighted by molar-refractivity contribution is 5.95. The van der Waals surface area contributed by atoms with Gasteiger partial charge in [-0.2, -0.15) is 5.10 Å². The molecule has 2 atom stereocenters. The van der Waals surface area contributed by atoms with Gasteiger partial charge in [0.05, 0.1) is 24.4 Å². The fraction of sp³-hybridized carbons (Fsp3) is 0.778. The van der Waals surface area contributed by atoms with Crippen LogP contribution in [0.4, 0.5) is 0 Å². The lowest BCUT2D eigenvalue weighted by molar-refractivity contribution is -0.0819. The zero-order valence-corrected chi connectivity index (χ0v) is 14.8. The normalized spacial score (nSPS) is 24.6. The van der Waals surface area contributed by atoms with Crippen LogP contribution in [-0.2, 0) is 16.0 Å². The van der Waals surface area contributed by atoms with Crippen LogP contribution in [-0.4, -0.2) is 47.7 Å². The van der Waals surface area contributed by atoms with Crippen LogP contribution in [0.2, 0.25) is 0 Å². The van der Waals surface area contributed by atoms with Crippen molar-refractivity contribution in [2.24, 2.45) is 5.92 Å². The summed E-state index contributed by atoms with van der Waals surface area (Å²) >= 11 is 0. The second-order valence-corrected chi connectivity index (χ2v) is 6.98. The third-order valence-corrected chi connectivity index (χ3v) is 5.17. The molecule has 2 aliphatic rings. The van der Waals surface area contributed by atoms with Crippen molar-refractivity contribution in [3.63, 3.8) is 0 Å². The van der Waals surface area contributed by atoms with E-state index in [1.54, 1.807) is 6.20 Å². The van der Waals surface area contributed by atoms with Crippen LogP contribution >= 0.6 is 0 Å². The molecular formula is C18H29N3O3. The predicted molar refractivity (Wildman–Crippen MR) is 91.0 cm³/mol. The minimum atomic E-state index is -0.0565. The summed E-state index contributed by atoms with van der Waals surface area (Å²) in [5.41, 5.74) is 1.58. The number of aromatic nitrogens is 2. The lowest BCUT2D eigenvalue weighted by atomic mass is 9.86. The number of nitrogens with one attached hydrogen (secondary N) is 1. The molecule has 134 valence electrons. The van der Waals surface area contributed by atoms with Crippen molar-refractivity contribution in [3.8, 4) is 0 Å². The third-order valence-electron chi connectivity index (χ3n) is 5.17. The number of rotatable bonds is 7. The van der Waals surface area contributed by atoms with Crippen LogP contribution in [0.15, 0.2) is 6.20 Å². The molecule has 3 rings (SSSR count). The summed E-state index contributed by atoms with van der Waals surface area (Å²) in [5, 5.41) is 7.46. The summed E-state index contributed by atoms with van der Waals surface area (Å²) in [6, 6.07) is 0.0141. The molecule has 6 heteroatoms. The Labute approximate surface area is 143 Å². The van der Waals surface area contributed by atoms with Gasteiger partial charge in [-0.25, -0.2) is 0 Å². The minimum absolute atomic E-state index is 0.0141. The standard InChI is InChI=1S/C18H29N3O3/c1-3-8-21-13(2)15(10-19-21)18(22)20-16-7-9-23-12-17(16)24-11-14-5-4-6-14/h10,14,16-17H,3-9,11-12H2,1-2H3,(H,20,22)/t16-,17-/m1/s1. The Bertz CT molecular complexity index is 554. The molecule has 1 saturated heterocycles. The van der Waals surface area contributed by atoms with Crippen molar-refractivity contribution in [2.75, 3.05) is 19.8 Å². The van der Waals surface area contributed by atoms with Crippen LogP contribution < -0.4 is 5.32 Å². The molecule has 1 aromatic rings. The number of aryl methyl sites for hydroxylation is 1. The molecule has 0 unspecified atom stereocenters. The first kappa shape index (κ1) is 17.4. The molecule has 2 fully saturated rings. The van der Waals surface area contributed by atoms with Crippen molar-refractivity contribution in [1.29, 1.82) is 0 Å². The number of carbonyl (C=O) groups excluding carboxylic acids is 1. The topological polar surface area (TPSA) is 65.4 Å². The van der Waals surface area contributed by atoms with Crippen LogP contribution in [0, 0.1) is 12.8 Å². The molecule has 24 heavy (non-hydrogen) atoms. The molecular weight excluding hydrogens is 306 g/mol. The van der Waals surface area contributed by atoms with E-state index in [4.69, 9.17) is 9.47 Å². The van der Waals surface area contributed by atoms with E-state index in [0.29, 0.717) is 24.7 Å². The average Bonchev–Trinajstić information content (AvgIpc) is 2.89. The van der Waals surface area contributed by atoms with E-state index < -0.39 is 0 Å². The van der Waals surface area contributed by atoms with Crippen molar-refractivity contribution in [3.05, 3.63) is 17.5 Å². The van der Waals surface area contributed by atoms with Gasteiger partial charge in [0.25, 0.3) is 5.91 Å². The number of carbonyl (C=O) groups is 1. The van der Waals surface area contributed by atoms with Crippen molar-refractivity contribution in [1.82, 2.24) is 15.1 Å². The molecule has 1 saturated carbocycles. The highest BCUT2D eigenvalue weighted by Crippen LogP contribution is 2.27. The average molecular weight is 335 g/mol. The highest BCUT2D eigenvalue weighted by atomic mass is 16.5. The first-order chi connectivity index (χ1) is 11.7. The lowest BCUT2D eigenvalue weighted by Crippen LogP contribution is -2.50. The zero-order valence-electron chi connectivity index (χ0n) is 14.8. The van der Waals surface area contributed by atoms with Gasteiger partial charge in [-0.1, -0.05) is 13.3 Å². The number of hydrogen-bond donors (Lipinski definition) is 1. The van der Waals surface area contributed by atoms with E-state index >= 15 is 0 Å². The Morgan fingerprint density at radius 1 is 1.46 bits per heavy atom. The van der Waals surface area contributed by atoms with Gasteiger partial charge < -0.3 is 14.8 Å². The Hall–Kier alpha value is -1.40. The Balaban J connectivity index is 1.58. The van der Waals surface area contributed by atoms with E-state index in [2.05, 4.69) is 17.3 Å². The Morgan fingerprint density at radius 2 is 2.29 bits per heavy atom. The Morgan fingerprint density at radius 3 is 3.00 bits per heavy atom. The van der Waals surface area contributed by atoms with Gasteiger partial charge in [-0.05, 0) is 38.5 Å². The lowest BCUT2D eigenvalue weighted by Gasteiger charge is -2.34. The molecule has 1 N–H and O–H groups in total.